The molecule has 0 atom stereocenters. The van der Waals surface area contributed by atoms with Crippen molar-refractivity contribution in [3.05, 3.63) is 39.8 Å². The number of carbonyl (C=O) groups excluding carboxylic acids is 1. The SMILES string of the molecule is Cc1ccnn1CC(=O)NCCn1nc([N+](=O)[O-])cc1C. The molecule has 9 heteroatoms. The van der Waals surface area contributed by atoms with E-state index in [1.54, 1.807) is 17.8 Å². The molecule has 1 N–H and O–H groups in total. The molecule has 9 nitrogen and oxygen atoms in total. The maximum Gasteiger partial charge on any atom is 0.390 e. The van der Waals surface area contributed by atoms with Crippen LogP contribution in [0, 0.1) is 24.0 Å². The Balaban J connectivity index is 1.83. The van der Waals surface area contributed by atoms with Gasteiger partial charge in [0.05, 0.1) is 23.4 Å². The van der Waals surface area contributed by atoms with E-state index in [1.165, 1.54) is 10.7 Å². The van der Waals surface area contributed by atoms with Crippen LogP contribution in [0.15, 0.2) is 18.3 Å². The minimum Gasteiger partial charge on any atom is -0.358 e. The van der Waals surface area contributed by atoms with Gasteiger partial charge in [0.2, 0.25) is 5.91 Å². The third kappa shape index (κ3) is 3.65. The van der Waals surface area contributed by atoms with Crippen LogP contribution in [0.5, 0.6) is 0 Å². The van der Waals surface area contributed by atoms with Gasteiger partial charge in [-0.05, 0) is 24.8 Å². The Kier molecular flexibility index (Phi) is 4.31. The van der Waals surface area contributed by atoms with Gasteiger partial charge in [0.15, 0.2) is 0 Å². The van der Waals surface area contributed by atoms with E-state index in [-0.39, 0.29) is 18.3 Å². The molecule has 0 aliphatic carbocycles. The Labute approximate surface area is 120 Å². The largest absolute Gasteiger partial charge is 0.390 e. The lowest BCUT2D eigenvalue weighted by molar-refractivity contribution is -0.389. The summed E-state index contributed by atoms with van der Waals surface area (Å²) in [7, 11) is 0. The van der Waals surface area contributed by atoms with E-state index < -0.39 is 4.92 Å². The number of aromatic nitrogens is 4. The first kappa shape index (κ1) is 14.7. The van der Waals surface area contributed by atoms with Gasteiger partial charge in [-0.25, -0.2) is 0 Å². The van der Waals surface area contributed by atoms with E-state index in [0.717, 1.165) is 5.69 Å². The molecule has 2 heterocycles. The van der Waals surface area contributed by atoms with Crippen molar-refractivity contribution in [1.82, 2.24) is 24.9 Å². The smallest absolute Gasteiger partial charge is 0.358 e. The predicted octanol–water partition coefficient (Wildman–Crippen LogP) is 0.421. The van der Waals surface area contributed by atoms with Crippen LogP contribution < -0.4 is 5.32 Å². The lowest BCUT2D eigenvalue weighted by atomic mass is 10.4. The fourth-order valence-corrected chi connectivity index (χ4v) is 1.87. The molecule has 1 amide bonds. The molecule has 2 aromatic heterocycles. The molecule has 0 fully saturated rings. The summed E-state index contributed by atoms with van der Waals surface area (Å²) >= 11 is 0. The number of nitro groups is 1. The fourth-order valence-electron chi connectivity index (χ4n) is 1.87. The van der Waals surface area contributed by atoms with Crippen molar-refractivity contribution in [2.24, 2.45) is 0 Å². The summed E-state index contributed by atoms with van der Waals surface area (Å²) < 4.78 is 3.09. The van der Waals surface area contributed by atoms with E-state index in [9.17, 15) is 14.9 Å². The zero-order chi connectivity index (χ0) is 15.4. The quantitative estimate of drug-likeness (QED) is 0.613. The maximum atomic E-state index is 11.7. The van der Waals surface area contributed by atoms with Crippen molar-refractivity contribution in [1.29, 1.82) is 0 Å². The summed E-state index contributed by atoms with van der Waals surface area (Å²) in [5.41, 5.74) is 1.59. The Morgan fingerprint density at radius 2 is 2.14 bits per heavy atom. The third-order valence-corrected chi connectivity index (χ3v) is 3.02. The summed E-state index contributed by atoms with van der Waals surface area (Å²) in [5, 5.41) is 21.2. The van der Waals surface area contributed by atoms with Crippen LogP contribution in [-0.2, 0) is 17.9 Å². The van der Waals surface area contributed by atoms with Crippen LogP contribution in [0.2, 0.25) is 0 Å². The molecule has 0 spiro atoms. The fraction of sp³-hybridized carbons (Fsp3) is 0.417. The van der Waals surface area contributed by atoms with E-state index >= 15 is 0 Å². The van der Waals surface area contributed by atoms with Crippen molar-refractivity contribution in [3.8, 4) is 0 Å². The molecule has 0 unspecified atom stereocenters. The lowest BCUT2D eigenvalue weighted by Gasteiger charge is -2.06. The Morgan fingerprint density at radius 1 is 1.38 bits per heavy atom. The van der Waals surface area contributed by atoms with Crippen molar-refractivity contribution in [2.45, 2.75) is 26.9 Å². The first-order valence-electron chi connectivity index (χ1n) is 6.41. The normalized spacial score (nSPS) is 10.6. The highest BCUT2D eigenvalue weighted by Crippen LogP contribution is 2.10. The van der Waals surface area contributed by atoms with Crippen LogP contribution >= 0.6 is 0 Å². The molecule has 0 saturated heterocycles. The zero-order valence-corrected chi connectivity index (χ0v) is 11.8. The summed E-state index contributed by atoms with van der Waals surface area (Å²) in [4.78, 5) is 21.8. The summed E-state index contributed by atoms with van der Waals surface area (Å²) in [5.74, 6) is -0.355. The minimum absolute atomic E-state index is 0.150. The molecular weight excluding hydrogens is 276 g/mol. The van der Waals surface area contributed by atoms with Gasteiger partial charge >= 0.3 is 5.82 Å². The minimum atomic E-state index is -0.539. The highest BCUT2D eigenvalue weighted by molar-refractivity contribution is 5.75. The van der Waals surface area contributed by atoms with Gasteiger partial charge in [-0.2, -0.15) is 9.78 Å². The second kappa shape index (κ2) is 6.16. The molecular formula is C12H16N6O3. The monoisotopic (exact) mass is 292 g/mol. The van der Waals surface area contributed by atoms with Gasteiger partial charge < -0.3 is 15.4 Å². The summed E-state index contributed by atoms with van der Waals surface area (Å²) in [6, 6.07) is 3.22. The van der Waals surface area contributed by atoms with Crippen LogP contribution in [-0.4, -0.2) is 36.9 Å². The van der Waals surface area contributed by atoms with E-state index in [2.05, 4.69) is 15.5 Å². The molecule has 2 aromatic rings. The molecule has 0 radical (unpaired) electrons. The summed E-state index contributed by atoms with van der Waals surface area (Å²) in [6.07, 6.45) is 1.63. The molecule has 0 aliphatic heterocycles. The highest BCUT2D eigenvalue weighted by atomic mass is 16.6. The Hall–Kier alpha value is -2.71. The number of rotatable bonds is 6. The van der Waals surface area contributed by atoms with Crippen molar-refractivity contribution in [3.63, 3.8) is 0 Å². The Bertz CT molecular complexity index is 660. The average Bonchev–Trinajstić information content (AvgIpc) is 2.97. The molecule has 112 valence electrons. The number of hydrogen-bond acceptors (Lipinski definition) is 5. The number of hydrogen-bond donors (Lipinski definition) is 1. The van der Waals surface area contributed by atoms with Crippen molar-refractivity contribution >= 4 is 11.7 Å². The van der Waals surface area contributed by atoms with Gasteiger partial charge in [0, 0.05) is 18.4 Å². The van der Waals surface area contributed by atoms with Gasteiger partial charge in [-0.1, -0.05) is 0 Å². The first-order valence-corrected chi connectivity index (χ1v) is 6.41. The number of nitrogens with zero attached hydrogens (tertiary/aromatic N) is 5. The number of nitrogens with one attached hydrogen (secondary N) is 1. The molecule has 0 aromatic carbocycles. The third-order valence-electron chi connectivity index (χ3n) is 3.02. The van der Waals surface area contributed by atoms with E-state index in [1.807, 2.05) is 13.0 Å². The predicted molar refractivity (Wildman–Crippen MR) is 73.6 cm³/mol. The van der Waals surface area contributed by atoms with E-state index in [0.29, 0.717) is 18.8 Å². The average molecular weight is 292 g/mol. The molecule has 2 rings (SSSR count). The highest BCUT2D eigenvalue weighted by Gasteiger charge is 2.15. The molecule has 0 saturated carbocycles. The van der Waals surface area contributed by atoms with Gasteiger partial charge in [0.25, 0.3) is 0 Å². The number of carbonyl (C=O) groups is 1. The molecule has 21 heavy (non-hydrogen) atoms. The van der Waals surface area contributed by atoms with Gasteiger partial charge in [-0.3, -0.25) is 9.48 Å². The van der Waals surface area contributed by atoms with Gasteiger partial charge in [-0.15, -0.1) is 0 Å². The zero-order valence-electron chi connectivity index (χ0n) is 11.8. The van der Waals surface area contributed by atoms with Crippen LogP contribution in [0.1, 0.15) is 11.4 Å². The topological polar surface area (TPSA) is 108 Å². The molecule has 0 aliphatic rings. The van der Waals surface area contributed by atoms with Gasteiger partial charge in [0.1, 0.15) is 6.54 Å². The lowest BCUT2D eigenvalue weighted by Crippen LogP contribution is -2.31. The van der Waals surface area contributed by atoms with E-state index in [4.69, 9.17) is 0 Å². The standard InChI is InChI=1S/C12H16N6O3/c1-9-3-4-14-17(9)8-12(19)13-5-6-16-10(2)7-11(15-16)18(20)21/h3-4,7H,5-6,8H2,1-2H3,(H,13,19). The number of amides is 1. The van der Waals surface area contributed by atoms with Crippen molar-refractivity contribution in [2.75, 3.05) is 6.54 Å². The first-order chi connectivity index (χ1) is 9.97. The van der Waals surface area contributed by atoms with Crippen LogP contribution in [0.25, 0.3) is 0 Å². The second-order valence-corrected chi connectivity index (χ2v) is 4.60. The Morgan fingerprint density at radius 3 is 2.71 bits per heavy atom. The van der Waals surface area contributed by atoms with Crippen LogP contribution in [0.4, 0.5) is 5.82 Å². The van der Waals surface area contributed by atoms with Crippen LogP contribution in [0.3, 0.4) is 0 Å². The van der Waals surface area contributed by atoms with Crippen molar-refractivity contribution < 1.29 is 9.72 Å². The maximum absolute atomic E-state index is 11.7. The molecule has 0 bridgehead atoms. The second-order valence-electron chi connectivity index (χ2n) is 4.60. The summed E-state index contributed by atoms with van der Waals surface area (Å²) in [6.45, 7) is 4.47. The number of aryl methyl sites for hydroxylation is 2.